The molecule has 3 saturated heterocycles. The lowest BCUT2D eigenvalue weighted by atomic mass is 9.78. The Hall–Kier alpha value is -1.46. The van der Waals surface area contributed by atoms with Gasteiger partial charge < -0.3 is 9.64 Å². The number of anilines is 1. The second kappa shape index (κ2) is 5.63. The minimum atomic E-state index is -0.184. The topological polar surface area (TPSA) is 45.7 Å². The number of aromatic nitrogens is 1. The fraction of sp³-hybridized carbons (Fsp3) is 0.647. The number of pyridine rings is 1. The molecule has 3 aliphatic rings. The fourth-order valence-corrected chi connectivity index (χ4v) is 4.25. The summed E-state index contributed by atoms with van der Waals surface area (Å²) in [5.74, 6) is 0.295. The van der Waals surface area contributed by atoms with Crippen LogP contribution in [0.2, 0.25) is 0 Å². The van der Waals surface area contributed by atoms with Crippen LogP contribution in [0.25, 0.3) is 0 Å². The second-order valence-corrected chi connectivity index (χ2v) is 6.79. The van der Waals surface area contributed by atoms with Crippen molar-refractivity contribution in [2.45, 2.75) is 31.7 Å². The van der Waals surface area contributed by atoms with E-state index in [4.69, 9.17) is 4.74 Å². The molecule has 2 atom stereocenters. The lowest BCUT2D eigenvalue weighted by molar-refractivity contribution is -0.129. The number of ether oxygens (including phenoxy) is 1. The lowest BCUT2D eigenvalue weighted by Crippen LogP contribution is -2.51. The van der Waals surface area contributed by atoms with E-state index in [1.165, 1.54) is 0 Å². The largest absolute Gasteiger partial charge is 0.380 e. The van der Waals surface area contributed by atoms with Gasteiger partial charge in [0.15, 0.2) is 0 Å². The van der Waals surface area contributed by atoms with Crippen molar-refractivity contribution in [1.29, 1.82) is 0 Å². The van der Waals surface area contributed by atoms with Gasteiger partial charge >= 0.3 is 0 Å². The Balaban J connectivity index is 1.53. The van der Waals surface area contributed by atoms with Gasteiger partial charge in [0.25, 0.3) is 0 Å². The van der Waals surface area contributed by atoms with Crippen molar-refractivity contribution in [3.8, 4) is 0 Å². The molecule has 3 fully saturated rings. The van der Waals surface area contributed by atoms with Crippen LogP contribution in [0.15, 0.2) is 24.5 Å². The van der Waals surface area contributed by atoms with Crippen LogP contribution < -0.4 is 4.90 Å². The predicted molar refractivity (Wildman–Crippen MR) is 83.7 cm³/mol. The number of carbonyl (C=O) groups excluding carboxylic acids is 1. The predicted octanol–water partition coefficient (Wildman–Crippen LogP) is 1.69. The van der Waals surface area contributed by atoms with Gasteiger partial charge in [-0.25, -0.2) is 0 Å². The Kier molecular flexibility index (Phi) is 3.62. The number of hydrogen-bond acceptors (Lipinski definition) is 4. The highest BCUT2D eigenvalue weighted by molar-refractivity contribution is 6.00. The van der Waals surface area contributed by atoms with E-state index >= 15 is 0 Å². The summed E-state index contributed by atoms with van der Waals surface area (Å²) in [6, 6.07) is 4.39. The van der Waals surface area contributed by atoms with Crippen molar-refractivity contribution in [2.75, 3.05) is 37.7 Å². The third-order valence-electron chi connectivity index (χ3n) is 5.50. The number of carbonyl (C=O) groups is 1. The van der Waals surface area contributed by atoms with Crippen LogP contribution in [0.4, 0.5) is 5.69 Å². The van der Waals surface area contributed by atoms with Crippen LogP contribution in [-0.4, -0.2) is 54.7 Å². The van der Waals surface area contributed by atoms with Gasteiger partial charge in [-0.05, 0) is 44.4 Å². The van der Waals surface area contributed by atoms with Gasteiger partial charge in [-0.15, -0.1) is 0 Å². The van der Waals surface area contributed by atoms with Crippen molar-refractivity contribution >= 4 is 11.6 Å². The van der Waals surface area contributed by atoms with E-state index in [0.717, 1.165) is 64.2 Å². The average molecular weight is 301 g/mol. The number of likely N-dealkylation sites (tertiary alicyclic amines) is 1. The molecule has 22 heavy (non-hydrogen) atoms. The molecule has 0 aliphatic carbocycles. The Morgan fingerprint density at radius 2 is 2.27 bits per heavy atom. The van der Waals surface area contributed by atoms with Crippen molar-refractivity contribution in [3.05, 3.63) is 24.5 Å². The van der Waals surface area contributed by atoms with Gasteiger partial charge in [-0.3, -0.25) is 14.7 Å². The quantitative estimate of drug-likeness (QED) is 0.834. The van der Waals surface area contributed by atoms with Gasteiger partial charge in [0, 0.05) is 31.9 Å². The average Bonchev–Trinajstić information content (AvgIpc) is 3.19. The molecule has 118 valence electrons. The van der Waals surface area contributed by atoms with E-state index in [0.29, 0.717) is 11.9 Å². The number of piperidine rings is 1. The molecular weight excluding hydrogens is 278 g/mol. The standard InChI is InChI=1S/C17H23N3O2/c21-16-17(6-9-20(16)14-3-1-7-18-11-14)5-2-8-19(13-17)15-4-10-22-12-15/h1,3,7,11,15H,2,4-6,8-10,12-13H2. The van der Waals surface area contributed by atoms with E-state index < -0.39 is 0 Å². The van der Waals surface area contributed by atoms with Crippen LogP contribution in [-0.2, 0) is 9.53 Å². The van der Waals surface area contributed by atoms with Crippen molar-refractivity contribution in [3.63, 3.8) is 0 Å². The summed E-state index contributed by atoms with van der Waals surface area (Å²) in [4.78, 5) is 21.7. The molecule has 2 unspecified atom stereocenters. The van der Waals surface area contributed by atoms with Crippen molar-refractivity contribution in [1.82, 2.24) is 9.88 Å². The highest BCUT2D eigenvalue weighted by Crippen LogP contribution is 2.42. The first kappa shape index (κ1) is 14.2. The summed E-state index contributed by atoms with van der Waals surface area (Å²) in [6.45, 7) is 4.52. The molecule has 0 saturated carbocycles. The Labute approximate surface area is 131 Å². The van der Waals surface area contributed by atoms with Gasteiger partial charge in [0.1, 0.15) is 0 Å². The first-order valence-electron chi connectivity index (χ1n) is 8.32. The Morgan fingerprint density at radius 3 is 3.05 bits per heavy atom. The zero-order valence-electron chi connectivity index (χ0n) is 12.9. The molecule has 5 heteroatoms. The van der Waals surface area contributed by atoms with Crippen LogP contribution in [0.5, 0.6) is 0 Å². The minimum Gasteiger partial charge on any atom is -0.380 e. The smallest absolute Gasteiger partial charge is 0.234 e. The Bertz CT molecular complexity index is 544. The van der Waals surface area contributed by atoms with Crippen LogP contribution in [0, 0.1) is 5.41 Å². The summed E-state index contributed by atoms with van der Waals surface area (Å²) < 4.78 is 5.53. The second-order valence-electron chi connectivity index (χ2n) is 6.79. The van der Waals surface area contributed by atoms with Crippen molar-refractivity contribution in [2.24, 2.45) is 5.41 Å². The maximum atomic E-state index is 13.1. The van der Waals surface area contributed by atoms with Gasteiger partial charge in [-0.1, -0.05) is 0 Å². The number of rotatable bonds is 2. The Morgan fingerprint density at radius 1 is 1.32 bits per heavy atom. The van der Waals surface area contributed by atoms with Crippen molar-refractivity contribution < 1.29 is 9.53 Å². The first-order chi connectivity index (χ1) is 10.8. The van der Waals surface area contributed by atoms with Crippen LogP contribution in [0.1, 0.15) is 25.7 Å². The van der Waals surface area contributed by atoms with Gasteiger partial charge in [-0.2, -0.15) is 0 Å². The van der Waals surface area contributed by atoms with Gasteiger partial charge in [0.05, 0.1) is 23.9 Å². The maximum Gasteiger partial charge on any atom is 0.234 e. The maximum absolute atomic E-state index is 13.1. The van der Waals surface area contributed by atoms with E-state index in [-0.39, 0.29) is 5.41 Å². The lowest BCUT2D eigenvalue weighted by Gasteiger charge is -2.41. The zero-order chi connectivity index (χ0) is 15.0. The van der Waals surface area contributed by atoms with Gasteiger partial charge in [0.2, 0.25) is 5.91 Å². The summed E-state index contributed by atoms with van der Waals surface area (Å²) in [5, 5.41) is 0. The minimum absolute atomic E-state index is 0.184. The molecular formula is C17H23N3O2. The van der Waals surface area contributed by atoms with E-state index in [1.54, 1.807) is 12.4 Å². The van der Waals surface area contributed by atoms with Crippen LogP contribution >= 0.6 is 0 Å². The van der Waals surface area contributed by atoms with E-state index in [9.17, 15) is 4.79 Å². The summed E-state index contributed by atoms with van der Waals surface area (Å²) in [6.07, 6.45) is 7.75. The highest BCUT2D eigenvalue weighted by Gasteiger charge is 2.50. The molecule has 0 aromatic carbocycles. The normalized spacial score (nSPS) is 33.0. The summed E-state index contributed by atoms with van der Waals surface area (Å²) >= 11 is 0. The number of amides is 1. The number of nitrogens with zero attached hydrogens (tertiary/aromatic N) is 3. The zero-order valence-corrected chi connectivity index (χ0v) is 12.9. The molecule has 1 amide bonds. The molecule has 1 aromatic heterocycles. The summed E-state index contributed by atoms with van der Waals surface area (Å²) in [7, 11) is 0. The molecule has 0 N–H and O–H groups in total. The molecule has 4 heterocycles. The molecule has 1 aromatic rings. The highest BCUT2D eigenvalue weighted by atomic mass is 16.5. The SMILES string of the molecule is O=C1N(c2cccnc2)CCC12CCCN(C1CCOC1)C2. The fourth-order valence-electron chi connectivity index (χ4n) is 4.25. The monoisotopic (exact) mass is 301 g/mol. The molecule has 0 bridgehead atoms. The molecule has 1 spiro atoms. The number of hydrogen-bond donors (Lipinski definition) is 0. The molecule has 4 rings (SSSR count). The van der Waals surface area contributed by atoms with Crippen LogP contribution in [0.3, 0.4) is 0 Å². The van der Waals surface area contributed by atoms with E-state index in [2.05, 4.69) is 9.88 Å². The molecule has 5 nitrogen and oxygen atoms in total. The molecule has 3 aliphatic heterocycles. The third kappa shape index (κ3) is 2.32. The van der Waals surface area contributed by atoms with E-state index in [1.807, 2.05) is 17.0 Å². The summed E-state index contributed by atoms with van der Waals surface area (Å²) in [5.41, 5.74) is 0.752. The molecule has 0 radical (unpaired) electrons. The third-order valence-corrected chi connectivity index (χ3v) is 5.50. The first-order valence-corrected chi connectivity index (χ1v) is 8.32.